The van der Waals surface area contributed by atoms with Crippen LogP contribution in [0.15, 0.2) is 76.6 Å². The molecule has 0 aliphatic carbocycles. The van der Waals surface area contributed by atoms with Gasteiger partial charge in [0.05, 0.1) is 18.0 Å². The van der Waals surface area contributed by atoms with Gasteiger partial charge in [-0.1, -0.05) is 24.3 Å². The molecule has 0 amide bonds. The summed E-state index contributed by atoms with van der Waals surface area (Å²) in [5.74, 6) is -0.546. The van der Waals surface area contributed by atoms with Crippen LogP contribution in [0.25, 0.3) is 11.7 Å². The molecule has 2 heterocycles. The second-order valence-electron chi connectivity index (χ2n) is 5.04. The summed E-state index contributed by atoms with van der Waals surface area (Å²) < 4.78 is 6.89. The predicted octanol–water partition coefficient (Wildman–Crippen LogP) is 3.74. The lowest BCUT2D eigenvalue weighted by molar-refractivity contribution is -0.138. The molecule has 0 saturated heterocycles. The lowest BCUT2D eigenvalue weighted by Gasteiger charge is -1.99. The maximum absolute atomic E-state index is 12.1. The fraction of sp³-hybridized carbons (Fsp3) is 0.105. The number of nitrogens with zero attached hydrogens (tertiary/aromatic N) is 4. The molecule has 0 atom stereocenters. The van der Waals surface area contributed by atoms with Crippen LogP contribution in [0.5, 0.6) is 0 Å². The summed E-state index contributed by atoms with van der Waals surface area (Å²) in [6, 6.07) is 17.5. The molecule has 2 aromatic heterocycles. The van der Waals surface area contributed by atoms with E-state index in [0.717, 1.165) is 5.65 Å². The summed E-state index contributed by atoms with van der Waals surface area (Å²) in [7, 11) is 0. The molecule has 124 valence electrons. The monoisotopic (exact) mass is 332 g/mol. The molecule has 0 aliphatic rings. The third-order valence-electron chi connectivity index (χ3n) is 3.26. The number of hydrogen-bond donors (Lipinski definition) is 0. The van der Waals surface area contributed by atoms with E-state index in [9.17, 15) is 4.79 Å². The number of para-hydroxylation sites is 1. The molecule has 0 radical (unpaired) electrons. The Labute approximate surface area is 144 Å². The number of aliphatic imine (C=N–C) groups is 2. The fourth-order valence-corrected chi connectivity index (χ4v) is 2.14. The topological polar surface area (TPSA) is 68.3 Å². The van der Waals surface area contributed by atoms with Crippen LogP contribution in [-0.4, -0.2) is 28.0 Å². The Kier molecular flexibility index (Phi) is 5.14. The first kappa shape index (κ1) is 16.4. The van der Waals surface area contributed by atoms with Gasteiger partial charge in [0.2, 0.25) is 0 Å². The maximum atomic E-state index is 12.1. The van der Waals surface area contributed by atoms with Gasteiger partial charge in [-0.15, -0.1) is 0 Å². The molecule has 0 spiro atoms. The van der Waals surface area contributed by atoms with Gasteiger partial charge >= 0.3 is 5.97 Å². The van der Waals surface area contributed by atoms with Crippen LogP contribution >= 0.6 is 0 Å². The van der Waals surface area contributed by atoms with Gasteiger partial charge in [0.1, 0.15) is 11.7 Å². The van der Waals surface area contributed by atoms with Crippen molar-refractivity contribution in [2.75, 3.05) is 6.61 Å². The Morgan fingerprint density at radius 1 is 1.24 bits per heavy atom. The van der Waals surface area contributed by atoms with E-state index in [4.69, 9.17) is 4.74 Å². The van der Waals surface area contributed by atoms with E-state index in [1.807, 2.05) is 59.1 Å². The highest BCUT2D eigenvalue weighted by Gasteiger charge is 2.10. The zero-order chi connectivity index (χ0) is 17.5. The number of benzene rings is 1. The highest BCUT2D eigenvalue weighted by Crippen LogP contribution is 2.12. The van der Waals surface area contributed by atoms with Crippen LogP contribution in [0.2, 0.25) is 0 Å². The Balaban J connectivity index is 1.93. The predicted molar refractivity (Wildman–Crippen MR) is 95.8 cm³/mol. The number of pyridine rings is 1. The second-order valence-corrected chi connectivity index (χ2v) is 5.04. The molecule has 0 unspecified atom stereocenters. The van der Waals surface area contributed by atoms with Gasteiger partial charge in [-0.25, -0.2) is 9.78 Å². The van der Waals surface area contributed by atoms with Gasteiger partial charge in [-0.3, -0.25) is 0 Å². The number of rotatable bonds is 5. The number of carbonyl (C=O) groups is 1. The van der Waals surface area contributed by atoms with E-state index in [1.165, 1.54) is 0 Å². The van der Waals surface area contributed by atoms with Crippen LogP contribution in [0.1, 0.15) is 12.6 Å². The van der Waals surface area contributed by atoms with Crippen molar-refractivity contribution in [3.63, 3.8) is 0 Å². The van der Waals surface area contributed by atoms with Crippen molar-refractivity contribution >= 4 is 29.4 Å². The minimum Gasteiger partial charge on any atom is -0.461 e. The summed E-state index contributed by atoms with van der Waals surface area (Å²) >= 11 is 0. The number of hydrogen-bond acceptors (Lipinski definition) is 5. The van der Waals surface area contributed by atoms with Crippen molar-refractivity contribution in [1.29, 1.82) is 0 Å². The molecular formula is C19H16N4O2. The van der Waals surface area contributed by atoms with Crippen molar-refractivity contribution in [3.8, 4) is 0 Å². The lowest BCUT2D eigenvalue weighted by atomic mass is 10.3. The Hall–Kier alpha value is -3.50. The van der Waals surface area contributed by atoms with E-state index in [-0.39, 0.29) is 12.3 Å². The standard InChI is InChI=1S/C19H16N4O2/c1-2-25-19(24)17(21-14-20-15-8-4-3-5-9-15)12-16-13-23-11-7-6-10-18(23)22-16/h3-13H,2H2,1H3/b17-12-. The van der Waals surface area contributed by atoms with Gasteiger partial charge in [-0.2, -0.15) is 9.98 Å². The van der Waals surface area contributed by atoms with Gasteiger partial charge in [0.15, 0.2) is 5.70 Å². The summed E-state index contributed by atoms with van der Waals surface area (Å²) in [5, 5.41) is 0. The van der Waals surface area contributed by atoms with E-state index >= 15 is 0 Å². The van der Waals surface area contributed by atoms with Crippen molar-refractivity contribution in [3.05, 3.63) is 72.3 Å². The van der Waals surface area contributed by atoms with Crippen molar-refractivity contribution in [2.45, 2.75) is 6.92 Å². The summed E-state index contributed by atoms with van der Waals surface area (Å²) in [4.78, 5) is 24.6. The van der Waals surface area contributed by atoms with Gasteiger partial charge in [-0.05, 0) is 37.3 Å². The molecular weight excluding hydrogens is 316 g/mol. The van der Waals surface area contributed by atoms with E-state index < -0.39 is 5.97 Å². The molecule has 0 saturated carbocycles. The molecule has 0 fully saturated rings. The zero-order valence-electron chi connectivity index (χ0n) is 13.7. The average Bonchev–Trinajstić information content (AvgIpc) is 3.04. The van der Waals surface area contributed by atoms with Crippen LogP contribution in [0.3, 0.4) is 0 Å². The van der Waals surface area contributed by atoms with Crippen molar-refractivity contribution in [1.82, 2.24) is 9.38 Å². The molecule has 6 nitrogen and oxygen atoms in total. The summed E-state index contributed by atoms with van der Waals surface area (Å²) in [5.41, 5.74) is 2.16. The van der Waals surface area contributed by atoms with E-state index in [1.54, 1.807) is 19.2 Å². The molecule has 6 heteroatoms. The van der Waals surface area contributed by atoms with Gasteiger partial charge in [0.25, 0.3) is 0 Å². The second kappa shape index (κ2) is 7.86. The highest BCUT2D eigenvalue weighted by atomic mass is 16.5. The summed E-state index contributed by atoms with van der Waals surface area (Å²) in [6.45, 7) is 1.99. The molecule has 0 aliphatic heterocycles. The van der Waals surface area contributed by atoms with Crippen LogP contribution in [-0.2, 0) is 9.53 Å². The Morgan fingerprint density at radius 3 is 2.80 bits per heavy atom. The molecule has 0 bridgehead atoms. The highest BCUT2D eigenvalue weighted by molar-refractivity contribution is 5.94. The van der Waals surface area contributed by atoms with Gasteiger partial charge < -0.3 is 9.14 Å². The summed E-state index contributed by atoms with van der Waals surface area (Å²) in [6.07, 6.45) is 5.24. The lowest BCUT2D eigenvalue weighted by Crippen LogP contribution is -2.05. The number of carbonyl (C=O) groups excluding carboxylic acids is 1. The third kappa shape index (κ3) is 4.28. The molecule has 3 rings (SSSR count). The quantitative estimate of drug-likeness (QED) is 0.406. The number of fused-ring (bicyclic) bond motifs is 1. The zero-order valence-corrected chi connectivity index (χ0v) is 13.7. The molecule has 0 N–H and O–H groups in total. The number of imidazole rings is 1. The first-order chi connectivity index (χ1) is 12.3. The largest absolute Gasteiger partial charge is 0.461 e. The Bertz CT molecular complexity index is 934. The number of ether oxygens (including phenoxy) is 1. The minimum absolute atomic E-state index is 0.0879. The normalized spacial score (nSPS) is 11.0. The fourth-order valence-electron chi connectivity index (χ4n) is 2.14. The third-order valence-corrected chi connectivity index (χ3v) is 3.26. The number of esters is 1. The maximum Gasteiger partial charge on any atom is 0.357 e. The van der Waals surface area contributed by atoms with E-state index in [0.29, 0.717) is 11.4 Å². The smallest absolute Gasteiger partial charge is 0.357 e. The molecule has 3 aromatic rings. The molecule has 1 aromatic carbocycles. The van der Waals surface area contributed by atoms with Crippen molar-refractivity contribution in [2.24, 2.45) is 9.98 Å². The first-order valence-electron chi connectivity index (χ1n) is 7.80. The van der Waals surface area contributed by atoms with E-state index in [2.05, 4.69) is 21.0 Å². The Morgan fingerprint density at radius 2 is 2.04 bits per heavy atom. The number of aromatic nitrogens is 2. The SMILES string of the molecule is CCOC(=O)/C(=C/c1cn2ccccc2n1)N=C=Nc1ccccc1. The van der Waals surface area contributed by atoms with Gasteiger partial charge in [0, 0.05) is 12.4 Å². The minimum atomic E-state index is -0.546. The van der Waals surface area contributed by atoms with Crippen LogP contribution in [0.4, 0.5) is 5.69 Å². The van der Waals surface area contributed by atoms with Crippen molar-refractivity contribution < 1.29 is 9.53 Å². The average molecular weight is 332 g/mol. The van der Waals surface area contributed by atoms with Crippen LogP contribution < -0.4 is 0 Å². The first-order valence-corrected chi connectivity index (χ1v) is 7.80. The van der Waals surface area contributed by atoms with Crippen LogP contribution in [0, 0.1) is 0 Å². The molecule has 25 heavy (non-hydrogen) atoms.